The van der Waals surface area contributed by atoms with Crippen LogP contribution in [0.2, 0.25) is 0 Å². The topological polar surface area (TPSA) is 46.2 Å². The molecule has 1 N–H and O–H groups in total. The first-order chi connectivity index (χ1) is 8.69. The second-order valence-corrected chi connectivity index (χ2v) is 8.49. The Hall–Kier alpha value is -0.860. The maximum atomic E-state index is 12.2. The fourth-order valence-electron chi connectivity index (χ4n) is 2.09. The van der Waals surface area contributed by atoms with E-state index in [1.807, 2.05) is 62.3 Å². The Morgan fingerprint density at radius 1 is 0.900 bits per heavy atom. The minimum atomic E-state index is -0.388. The van der Waals surface area contributed by atoms with Crippen LogP contribution in [0.15, 0.2) is 0 Å². The van der Waals surface area contributed by atoms with Gasteiger partial charge in [0, 0.05) is 22.3 Å². The number of hydrogen-bond acceptors (Lipinski definition) is 2. The van der Waals surface area contributed by atoms with Crippen LogP contribution in [0, 0.1) is 16.7 Å². The van der Waals surface area contributed by atoms with Crippen LogP contribution >= 0.6 is 0 Å². The number of nitrogens with one attached hydrogen (secondary N) is 1. The molecule has 3 heteroatoms. The van der Waals surface area contributed by atoms with Crippen molar-refractivity contribution in [2.75, 3.05) is 0 Å². The van der Waals surface area contributed by atoms with E-state index in [0.717, 1.165) is 12.8 Å². The molecule has 0 saturated heterocycles. The predicted molar refractivity (Wildman–Crippen MR) is 84.5 cm³/mol. The van der Waals surface area contributed by atoms with E-state index in [9.17, 15) is 9.59 Å². The number of carbonyl (C=O) groups excluding carboxylic acids is 2. The predicted octanol–water partition coefficient (Wildman–Crippen LogP) is 3.96. The Morgan fingerprint density at radius 2 is 1.35 bits per heavy atom. The summed E-state index contributed by atoms with van der Waals surface area (Å²) in [5, 5.41) is 3.09. The van der Waals surface area contributed by atoms with Gasteiger partial charge in [-0.3, -0.25) is 9.59 Å². The third-order valence-electron chi connectivity index (χ3n) is 3.70. The highest BCUT2D eigenvalue weighted by Gasteiger charge is 2.33. The van der Waals surface area contributed by atoms with E-state index in [1.165, 1.54) is 0 Å². The van der Waals surface area contributed by atoms with Crippen molar-refractivity contribution in [1.29, 1.82) is 0 Å². The molecular weight excluding hydrogens is 250 g/mol. The molecule has 0 atom stereocenters. The quantitative estimate of drug-likeness (QED) is 0.802. The summed E-state index contributed by atoms with van der Waals surface area (Å²) < 4.78 is 0. The average molecular weight is 283 g/mol. The summed E-state index contributed by atoms with van der Waals surface area (Å²) in [6.45, 7) is 17.6. The van der Waals surface area contributed by atoms with Gasteiger partial charge in [0.05, 0.1) is 0 Å². The number of hydrogen-bond donors (Lipinski definition) is 1. The minimum Gasteiger partial charge on any atom is -0.351 e. The van der Waals surface area contributed by atoms with Crippen LogP contribution in [0.5, 0.6) is 0 Å². The third-order valence-corrected chi connectivity index (χ3v) is 3.70. The van der Waals surface area contributed by atoms with Gasteiger partial charge in [-0.15, -0.1) is 0 Å². The summed E-state index contributed by atoms with van der Waals surface area (Å²) in [5.74, 6) is 0.392. The molecule has 0 aliphatic carbocycles. The lowest BCUT2D eigenvalue weighted by molar-refractivity contribution is -0.131. The Kier molecular flexibility index (Phi) is 6.01. The second kappa shape index (κ2) is 6.28. The van der Waals surface area contributed by atoms with E-state index in [4.69, 9.17) is 0 Å². The molecule has 0 fully saturated rings. The van der Waals surface area contributed by atoms with Crippen LogP contribution in [0.1, 0.15) is 75.2 Å². The van der Waals surface area contributed by atoms with Gasteiger partial charge in [0.2, 0.25) is 5.91 Å². The fraction of sp³-hybridized carbons (Fsp3) is 0.882. The molecule has 0 aliphatic heterocycles. The van der Waals surface area contributed by atoms with Crippen LogP contribution in [-0.2, 0) is 9.59 Å². The van der Waals surface area contributed by atoms with E-state index in [1.54, 1.807) is 0 Å². The van der Waals surface area contributed by atoms with Gasteiger partial charge in [-0.2, -0.15) is 0 Å². The van der Waals surface area contributed by atoms with Crippen molar-refractivity contribution in [2.45, 2.75) is 80.7 Å². The van der Waals surface area contributed by atoms with Crippen molar-refractivity contribution in [1.82, 2.24) is 5.32 Å². The lowest BCUT2D eigenvalue weighted by atomic mass is 9.76. The lowest BCUT2D eigenvalue weighted by Crippen LogP contribution is -2.48. The zero-order valence-electron chi connectivity index (χ0n) is 14.8. The van der Waals surface area contributed by atoms with Gasteiger partial charge in [-0.25, -0.2) is 0 Å². The molecule has 0 rings (SSSR count). The Bertz CT molecular complexity index is 360. The van der Waals surface area contributed by atoms with Gasteiger partial charge in [-0.1, -0.05) is 48.5 Å². The number of rotatable bonds is 6. The molecule has 0 radical (unpaired) electrons. The van der Waals surface area contributed by atoms with Gasteiger partial charge >= 0.3 is 0 Å². The van der Waals surface area contributed by atoms with E-state index in [2.05, 4.69) is 5.32 Å². The van der Waals surface area contributed by atoms with Gasteiger partial charge in [0.25, 0.3) is 0 Å². The van der Waals surface area contributed by atoms with Crippen molar-refractivity contribution in [2.24, 2.45) is 16.7 Å². The van der Waals surface area contributed by atoms with Gasteiger partial charge in [-0.05, 0) is 26.7 Å². The lowest BCUT2D eigenvalue weighted by Gasteiger charge is -2.34. The molecule has 0 bridgehead atoms. The van der Waals surface area contributed by atoms with E-state index < -0.39 is 0 Å². The normalized spacial score (nSPS) is 13.5. The van der Waals surface area contributed by atoms with Gasteiger partial charge in [0.15, 0.2) is 0 Å². The number of Topliss-reactive ketones (excluding diaryl/α,β-unsaturated/α-hetero) is 1. The molecule has 3 nitrogen and oxygen atoms in total. The summed E-state index contributed by atoms with van der Waals surface area (Å²) >= 11 is 0. The molecule has 0 unspecified atom stereocenters. The highest BCUT2D eigenvalue weighted by Crippen LogP contribution is 2.30. The number of carbonyl (C=O) groups is 2. The monoisotopic (exact) mass is 283 g/mol. The molecule has 0 spiro atoms. The SMILES string of the molecule is CC(C)C(=O)C(C)(C)CCC(C)(C)NC(=O)C(C)(C)C. The fourth-order valence-corrected chi connectivity index (χ4v) is 2.09. The first-order valence-electron chi connectivity index (χ1n) is 7.56. The summed E-state index contributed by atoms with van der Waals surface area (Å²) in [5.41, 5.74) is -1.02. The van der Waals surface area contributed by atoms with Crippen LogP contribution in [-0.4, -0.2) is 17.2 Å². The molecular formula is C17H33NO2. The van der Waals surface area contributed by atoms with Crippen molar-refractivity contribution >= 4 is 11.7 Å². The zero-order valence-corrected chi connectivity index (χ0v) is 14.8. The minimum absolute atomic E-state index is 0.0514. The zero-order chi connectivity index (χ0) is 16.4. The molecule has 0 aromatic carbocycles. The summed E-state index contributed by atoms with van der Waals surface area (Å²) in [4.78, 5) is 24.2. The highest BCUT2D eigenvalue weighted by molar-refractivity contribution is 5.85. The van der Waals surface area contributed by atoms with Crippen LogP contribution in [0.25, 0.3) is 0 Å². The molecule has 1 amide bonds. The average Bonchev–Trinajstić information content (AvgIpc) is 2.23. The molecule has 20 heavy (non-hydrogen) atoms. The first kappa shape index (κ1) is 19.1. The van der Waals surface area contributed by atoms with Gasteiger partial charge < -0.3 is 5.32 Å². The summed E-state index contributed by atoms with van der Waals surface area (Å²) in [6.07, 6.45) is 1.57. The van der Waals surface area contributed by atoms with Crippen molar-refractivity contribution < 1.29 is 9.59 Å². The van der Waals surface area contributed by atoms with Gasteiger partial charge in [0.1, 0.15) is 5.78 Å². The van der Waals surface area contributed by atoms with E-state index >= 15 is 0 Å². The third kappa shape index (κ3) is 6.06. The molecule has 0 aromatic rings. The van der Waals surface area contributed by atoms with Crippen LogP contribution < -0.4 is 5.32 Å². The van der Waals surface area contributed by atoms with Crippen molar-refractivity contribution in [3.63, 3.8) is 0 Å². The number of ketones is 1. The van der Waals surface area contributed by atoms with Crippen LogP contribution in [0.4, 0.5) is 0 Å². The highest BCUT2D eigenvalue weighted by atomic mass is 16.2. The number of amides is 1. The molecule has 0 heterocycles. The molecule has 0 saturated carbocycles. The standard InChI is InChI=1S/C17H33NO2/c1-12(2)13(19)16(6,7)10-11-17(8,9)18-14(20)15(3,4)5/h12H,10-11H2,1-9H3,(H,18,20). The molecule has 118 valence electrons. The Labute approximate surface area is 124 Å². The van der Waals surface area contributed by atoms with Crippen LogP contribution in [0.3, 0.4) is 0 Å². The van der Waals surface area contributed by atoms with Crippen molar-refractivity contribution in [3.05, 3.63) is 0 Å². The summed E-state index contributed by atoms with van der Waals surface area (Å²) in [6, 6.07) is 0. The Balaban J connectivity index is 4.64. The second-order valence-electron chi connectivity index (χ2n) is 8.49. The van der Waals surface area contributed by atoms with E-state index in [0.29, 0.717) is 0 Å². The van der Waals surface area contributed by atoms with Crippen molar-refractivity contribution in [3.8, 4) is 0 Å². The molecule has 0 aliphatic rings. The summed E-state index contributed by atoms with van der Waals surface area (Å²) in [7, 11) is 0. The Morgan fingerprint density at radius 3 is 1.70 bits per heavy atom. The maximum absolute atomic E-state index is 12.2. The first-order valence-corrected chi connectivity index (χ1v) is 7.56. The smallest absolute Gasteiger partial charge is 0.225 e. The van der Waals surface area contributed by atoms with E-state index in [-0.39, 0.29) is 34.0 Å². The molecule has 0 aromatic heterocycles. The largest absolute Gasteiger partial charge is 0.351 e. The maximum Gasteiger partial charge on any atom is 0.225 e.